The number of rotatable bonds is 1. The Morgan fingerprint density at radius 2 is 2.20 bits per heavy atom. The van der Waals surface area contributed by atoms with Crippen molar-refractivity contribution >= 4 is 11.6 Å². The van der Waals surface area contributed by atoms with Crippen LogP contribution in [0.3, 0.4) is 0 Å². The molecule has 0 fully saturated rings. The van der Waals surface area contributed by atoms with E-state index in [1.807, 2.05) is 19.1 Å². The fourth-order valence-corrected chi connectivity index (χ4v) is 1.55. The van der Waals surface area contributed by atoms with E-state index in [0.717, 1.165) is 11.1 Å². The highest BCUT2D eigenvalue weighted by atomic mass is 35.5. The van der Waals surface area contributed by atoms with E-state index in [2.05, 4.69) is 10.1 Å². The summed E-state index contributed by atoms with van der Waals surface area (Å²) >= 11 is 6.02. The van der Waals surface area contributed by atoms with Gasteiger partial charge in [0.05, 0.1) is 5.02 Å². The zero-order chi connectivity index (χ0) is 11.0. The first-order chi connectivity index (χ1) is 7.08. The van der Waals surface area contributed by atoms with Crippen LogP contribution in [0.1, 0.15) is 5.56 Å². The zero-order valence-electron chi connectivity index (χ0n) is 8.41. The standard InChI is InChI=1S/C10H10ClN3O/c1-6-3-4-8(11)7(5-6)9-12-10(15)14(2)13-9/h3-5H,1-2H3,(H,12,13,15). The molecule has 78 valence electrons. The van der Waals surface area contributed by atoms with E-state index in [-0.39, 0.29) is 5.69 Å². The summed E-state index contributed by atoms with van der Waals surface area (Å²) in [5.74, 6) is 0.496. The molecular weight excluding hydrogens is 214 g/mol. The first-order valence-electron chi connectivity index (χ1n) is 4.48. The van der Waals surface area contributed by atoms with Crippen molar-refractivity contribution < 1.29 is 0 Å². The Hall–Kier alpha value is -1.55. The van der Waals surface area contributed by atoms with Gasteiger partial charge in [-0.15, -0.1) is 0 Å². The molecule has 1 N–H and O–H groups in total. The van der Waals surface area contributed by atoms with Crippen LogP contribution in [0.4, 0.5) is 0 Å². The number of H-pyrrole nitrogens is 1. The van der Waals surface area contributed by atoms with Gasteiger partial charge in [0.15, 0.2) is 5.82 Å². The van der Waals surface area contributed by atoms with Gasteiger partial charge in [0.25, 0.3) is 0 Å². The average Bonchev–Trinajstić information content (AvgIpc) is 2.51. The minimum absolute atomic E-state index is 0.248. The summed E-state index contributed by atoms with van der Waals surface area (Å²) in [6.07, 6.45) is 0. The summed E-state index contributed by atoms with van der Waals surface area (Å²) in [6, 6.07) is 5.59. The number of hydrogen-bond acceptors (Lipinski definition) is 2. The van der Waals surface area contributed by atoms with E-state index in [4.69, 9.17) is 11.6 Å². The first kappa shape index (κ1) is 9.98. The van der Waals surface area contributed by atoms with Gasteiger partial charge < -0.3 is 0 Å². The lowest BCUT2D eigenvalue weighted by Gasteiger charge is -2.00. The molecule has 0 radical (unpaired) electrons. The minimum atomic E-state index is -0.248. The van der Waals surface area contributed by atoms with Gasteiger partial charge >= 0.3 is 5.69 Å². The third-order valence-electron chi connectivity index (χ3n) is 2.15. The van der Waals surface area contributed by atoms with E-state index < -0.39 is 0 Å². The molecule has 1 heterocycles. The van der Waals surface area contributed by atoms with Gasteiger partial charge in [0, 0.05) is 12.6 Å². The van der Waals surface area contributed by atoms with Crippen LogP contribution in [-0.4, -0.2) is 14.8 Å². The van der Waals surface area contributed by atoms with Gasteiger partial charge in [0.1, 0.15) is 0 Å². The Bertz CT molecular complexity index is 556. The number of nitrogens with zero attached hydrogens (tertiary/aromatic N) is 2. The second kappa shape index (κ2) is 3.55. The normalized spacial score (nSPS) is 10.6. The van der Waals surface area contributed by atoms with Gasteiger partial charge in [0.2, 0.25) is 0 Å². The number of aromatic nitrogens is 3. The summed E-state index contributed by atoms with van der Waals surface area (Å²) in [6.45, 7) is 1.96. The lowest BCUT2D eigenvalue weighted by atomic mass is 10.1. The van der Waals surface area contributed by atoms with Gasteiger partial charge in [-0.1, -0.05) is 23.2 Å². The van der Waals surface area contributed by atoms with Crippen LogP contribution in [0.2, 0.25) is 5.02 Å². The van der Waals surface area contributed by atoms with Gasteiger partial charge in [-0.05, 0) is 19.1 Å². The predicted octanol–water partition coefficient (Wildman–Crippen LogP) is 1.74. The Morgan fingerprint density at radius 1 is 1.47 bits per heavy atom. The summed E-state index contributed by atoms with van der Waals surface area (Å²) < 4.78 is 1.24. The molecular formula is C10H10ClN3O. The van der Waals surface area contributed by atoms with E-state index in [0.29, 0.717) is 10.8 Å². The molecule has 2 rings (SSSR count). The van der Waals surface area contributed by atoms with Crippen LogP contribution in [0.15, 0.2) is 23.0 Å². The molecule has 15 heavy (non-hydrogen) atoms. The Morgan fingerprint density at radius 3 is 2.80 bits per heavy atom. The van der Waals surface area contributed by atoms with Crippen LogP contribution in [0.5, 0.6) is 0 Å². The van der Waals surface area contributed by atoms with Crippen LogP contribution >= 0.6 is 11.6 Å². The molecule has 4 nitrogen and oxygen atoms in total. The maximum atomic E-state index is 11.2. The van der Waals surface area contributed by atoms with Crippen molar-refractivity contribution in [3.63, 3.8) is 0 Å². The molecule has 0 saturated heterocycles. The van der Waals surface area contributed by atoms with Crippen LogP contribution < -0.4 is 5.69 Å². The topological polar surface area (TPSA) is 50.7 Å². The van der Waals surface area contributed by atoms with Gasteiger partial charge in [-0.2, -0.15) is 5.10 Å². The highest BCUT2D eigenvalue weighted by Gasteiger charge is 2.08. The molecule has 0 unspecified atom stereocenters. The van der Waals surface area contributed by atoms with Crippen molar-refractivity contribution in [2.24, 2.45) is 7.05 Å². The summed E-state index contributed by atoms with van der Waals surface area (Å²) in [5.41, 5.74) is 1.57. The van der Waals surface area contributed by atoms with E-state index in [1.54, 1.807) is 13.1 Å². The van der Waals surface area contributed by atoms with Gasteiger partial charge in [-0.3, -0.25) is 4.98 Å². The fourth-order valence-electron chi connectivity index (χ4n) is 1.34. The molecule has 1 aromatic carbocycles. The van der Waals surface area contributed by atoms with Crippen LogP contribution in [0.25, 0.3) is 11.4 Å². The first-order valence-corrected chi connectivity index (χ1v) is 4.85. The molecule has 0 bridgehead atoms. The number of benzene rings is 1. The number of aromatic amines is 1. The lowest BCUT2D eigenvalue weighted by Crippen LogP contribution is -2.13. The van der Waals surface area contributed by atoms with Gasteiger partial charge in [-0.25, -0.2) is 9.48 Å². The van der Waals surface area contributed by atoms with Crippen molar-refractivity contribution in [1.82, 2.24) is 14.8 Å². The molecule has 1 aromatic heterocycles. The largest absolute Gasteiger partial charge is 0.343 e. The SMILES string of the molecule is Cc1ccc(Cl)c(-c2nn(C)c(=O)[nH]2)c1. The van der Waals surface area contributed by atoms with E-state index >= 15 is 0 Å². The van der Waals surface area contributed by atoms with Crippen LogP contribution in [-0.2, 0) is 7.05 Å². The highest BCUT2D eigenvalue weighted by molar-refractivity contribution is 6.33. The lowest BCUT2D eigenvalue weighted by molar-refractivity contribution is 0.736. The summed E-state index contributed by atoms with van der Waals surface area (Å²) in [7, 11) is 1.59. The van der Waals surface area contributed by atoms with Crippen molar-refractivity contribution in [1.29, 1.82) is 0 Å². The molecule has 0 atom stereocenters. The molecule has 0 aliphatic heterocycles. The zero-order valence-corrected chi connectivity index (χ0v) is 9.17. The van der Waals surface area contributed by atoms with Crippen molar-refractivity contribution in [2.45, 2.75) is 6.92 Å². The second-order valence-corrected chi connectivity index (χ2v) is 3.79. The average molecular weight is 224 g/mol. The van der Waals surface area contributed by atoms with Crippen molar-refractivity contribution in [3.8, 4) is 11.4 Å². The van der Waals surface area contributed by atoms with E-state index in [9.17, 15) is 4.79 Å². The third-order valence-corrected chi connectivity index (χ3v) is 2.48. The number of nitrogens with one attached hydrogen (secondary N) is 1. The molecule has 0 saturated carbocycles. The van der Waals surface area contributed by atoms with Crippen molar-refractivity contribution in [2.75, 3.05) is 0 Å². The Balaban J connectivity index is 2.63. The second-order valence-electron chi connectivity index (χ2n) is 3.39. The minimum Gasteiger partial charge on any atom is -0.289 e. The smallest absolute Gasteiger partial charge is 0.289 e. The number of aryl methyl sites for hydroxylation is 2. The molecule has 5 heteroatoms. The predicted molar refractivity (Wildman–Crippen MR) is 59.0 cm³/mol. The highest BCUT2D eigenvalue weighted by Crippen LogP contribution is 2.25. The number of hydrogen-bond donors (Lipinski definition) is 1. The molecule has 2 aromatic rings. The number of halogens is 1. The molecule has 0 spiro atoms. The van der Waals surface area contributed by atoms with Crippen molar-refractivity contribution in [3.05, 3.63) is 39.3 Å². The maximum Gasteiger partial charge on any atom is 0.343 e. The maximum absolute atomic E-state index is 11.2. The molecule has 0 aliphatic carbocycles. The molecule has 0 aliphatic rings. The van der Waals surface area contributed by atoms with E-state index in [1.165, 1.54) is 4.68 Å². The van der Waals surface area contributed by atoms with Crippen LogP contribution in [0, 0.1) is 6.92 Å². The molecule has 0 amide bonds. The Kier molecular flexibility index (Phi) is 2.36. The third kappa shape index (κ3) is 1.80. The summed E-state index contributed by atoms with van der Waals surface area (Å²) in [5, 5.41) is 4.63. The Labute approximate surface area is 91.5 Å². The fraction of sp³-hybridized carbons (Fsp3) is 0.200. The quantitative estimate of drug-likeness (QED) is 0.801. The monoisotopic (exact) mass is 223 g/mol. The summed E-state index contributed by atoms with van der Waals surface area (Å²) in [4.78, 5) is 13.9.